The molecule has 0 aliphatic rings. The summed E-state index contributed by atoms with van der Waals surface area (Å²) in [6.45, 7) is 6.32. The van der Waals surface area contributed by atoms with E-state index in [1.165, 1.54) is 5.56 Å². The first kappa shape index (κ1) is 14.5. The van der Waals surface area contributed by atoms with Gasteiger partial charge in [0.1, 0.15) is 5.82 Å². The summed E-state index contributed by atoms with van der Waals surface area (Å²) >= 11 is 0. The third-order valence-corrected chi connectivity index (χ3v) is 3.73. The fourth-order valence-corrected chi connectivity index (χ4v) is 2.64. The van der Waals surface area contributed by atoms with Gasteiger partial charge in [-0.15, -0.1) is 0 Å². The van der Waals surface area contributed by atoms with Crippen LogP contribution in [-0.2, 0) is 6.42 Å². The van der Waals surface area contributed by atoms with Gasteiger partial charge >= 0.3 is 0 Å². The molecule has 22 heavy (non-hydrogen) atoms. The second-order valence-corrected chi connectivity index (χ2v) is 6.12. The maximum Gasteiger partial charge on any atom is 0.265 e. The predicted octanol–water partition coefficient (Wildman–Crippen LogP) is 3.89. The Kier molecular flexibility index (Phi) is 3.80. The second-order valence-electron chi connectivity index (χ2n) is 6.12. The lowest BCUT2D eigenvalue weighted by Gasteiger charge is -2.15. The molecule has 0 aliphatic carbocycles. The van der Waals surface area contributed by atoms with E-state index in [2.05, 4.69) is 13.8 Å². The minimum atomic E-state index is 0.00473. The summed E-state index contributed by atoms with van der Waals surface area (Å²) in [7, 11) is 0. The highest BCUT2D eigenvalue weighted by molar-refractivity contribution is 5.77. The SMILES string of the molecule is Cc1ccc(-n2c(CC(C)C)nc3ccccc3c2=O)cc1. The Morgan fingerprint density at radius 1 is 1.05 bits per heavy atom. The Balaban J connectivity index is 2.32. The van der Waals surface area contributed by atoms with Crippen molar-refractivity contribution in [2.45, 2.75) is 27.2 Å². The summed E-state index contributed by atoms with van der Waals surface area (Å²) in [4.78, 5) is 17.7. The van der Waals surface area contributed by atoms with Crippen molar-refractivity contribution in [3.05, 3.63) is 70.3 Å². The van der Waals surface area contributed by atoms with Crippen molar-refractivity contribution in [1.29, 1.82) is 0 Å². The van der Waals surface area contributed by atoms with Gasteiger partial charge in [0.15, 0.2) is 0 Å². The largest absolute Gasteiger partial charge is 0.268 e. The molecule has 1 heterocycles. The second kappa shape index (κ2) is 5.76. The van der Waals surface area contributed by atoms with E-state index in [-0.39, 0.29) is 5.56 Å². The fourth-order valence-electron chi connectivity index (χ4n) is 2.64. The van der Waals surface area contributed by atoms with E-state index in [9.17, 15) is 4.79 Å². The summed E-state index contributed by atoms with van der Waals surface area (Å²) < 4.78 is 1.75. The monoisotopic (exact) mass is 292 g/mol. The van der Waals surface area contributed by atoms with Crippen LogP contribution in [0.1, 0.15) is 25.2 Å². The van der Waals surface area contributed by atoms with E-state index >= 15 is 0 Å². The molecule has 0 amide bonds. The van der Waals surface area contributed by atoms with Crippen LogP contribution in [0.25, 0.3) is 16.6 Å². The van der Waals surface area contributed by atoms with Crippen molar-refractivity contribution in [2.24, 2.45) is 5.92 Å². The Morgan fingerprint density at radius 2 is 1.73 bits per heavy atom. The highest BCUT2D eigenvalue weighted by Gasteiger charge is 2.13. The Bertz CT molecular complexity index is 861. The van der Waals surface area contributed by atoms with Crippen molar-refractivity contribution in [1.82, 2.24) is 9.55 Å². The van der Waals surface area contributed by atoms with Gasteiger partial charge in [0.2, 0.25) is 0 Å². The minimum absolute atomic E-state index is 0.00473. The van der Waals surface area contributed by atoms with E-state index in [1.54, 1.807) is 4.57 Å². The molecule has 0 N–H and O–H groups in total. The van der Waals surface area contributed by atoms with Gasteiger partial charge in [-0.1, -0.05) is 43.7 Å². The summed E-state index contributed by atoms with van der Waals surface area (Å²) in [5, 5.41) is 0.663. The topological polar surface area (TPSA) is 34.9 Å². The summed E-state index contributed by atoms with van der Waals surface area (Å²) in [5.41, 5.74) is 2.83. The van der Waals surface area contributed by atoms with Crippen molar-refractivity contribution in [2.75, 3.05) is 0 Å². The highest BCUT2D eigenvalue weighted by Crippen LogP contribution is 2.16. The Hall–Kier alpha value is -2.42. The standard InChI is InChI=1S/C19H20N2O/c1-13(2)12-18-20-17-7-5-4-6-16(17)19(22)21(18)15-10-8-14(3)9-11-15/h4-11,13H,12H2,1-3H3. The van der Waals surface area contributed by atoms with E-state index in [4.69, 9.17) is 4.98 Å². The summed E-state index contributed by atoms with van der Waals surface area (Å²) in [6, 6.07) is 15.6. The number of hydrogen-bond acceptors (Lipinski definition) is 2. The van der Waals surface area contributed by atoms with Crippen molar-refractivity contribution >= 4 is 10.9 Å². The number of hydrogen-bond donors (Lipinski definition) is 0. The molecule has 0 atom stereocenters. The third-order valence-electron chi connectivity index (χ3n) is 3.73. The zero-order chi connectivity index (χ0) is 15.7. The van der Waals surface area contributed by atoms with E-state index < -0.39 is 0 Å². The zero-order valence-corrected chi connectivity index (χ0v) is 13.2. The van der Waals surface area contributed by atoms with Gasteiger partial charge in [-0.2, -0.15) is 0 Å². The van der Waals surface area contributed by atoms with Gasteiger partial charge in [0, 0.05) is 6.42 Å². The van der Waals surface area contributed by atoms with Gasteiger partial charge in [-0.25, -0.2) is 4.98 Å². The molecule has 0 saturated carbocycles. The smallest absolute Gasteiger partial charge is 0.265 e. The lowest BCUT2D eigenvalue weighted by Crippen LogP contribution is -2.24. The number of benzene rings is 2. The molecule has 0 bridgehead atoms. The van der Waals surface area contributed by atoms with Crippen LogP contribution in [0.15, 0.2) is 53.3 Å². The van der Waals surface area contributed by atoms with Crippen LogP contribution in [0.3, 0.4) is 0 Å². The quantitative estimate of drug-likeness (QED) is 0.734. The first-order valence-corrected chi connectivity index (χ1v) is 7.64. The predicted molar refractivity (Wildman–Crippen MR) is 90.6 cm³/mol. The molecule has 112 valence electrons. The Morgan fingerprint density at radius 3 is 2.41 bits per heavy atom. The lowest BCUT2D eigenvalue weighted by molar-refractivity contribution is 0.606. The van der Waals surface area contributed by atoms with Crippen molar-refractivity contribution in [3.63, 3.8) is 0 Å². The average molecular weight is 292 g/mol. The molecular weight excluding hydrogens is 272 g/mol. The number of aromatic nitrogens is 2. The number of para-hydroxylation sites is 1. The molecule has 0 spiro atoms. The van der Waals surface area contributed by atoms with E-state index in [0.29, 0.717) is 11.3 Å². The Labute approximate surface area is 130 Å². The first-order valence-electron chi connectivity index (χ1n) is 7.64. The van der Waals surface area contributed by atoms with Crippen LogP contribution in [0.5, 0.6) is 0 Å². The van der Waals surface area contributed by atoms with Gasteiger partial charge in [0.05, 0.1) is 16.6 Å². The molecule has 0 radical (unpaired) electrons. The molecule has 1 aromatic heterocycles. The molecule has 0 saturated heterocycles. The van der Waals surface area contributed by atoms with Crippen LogP contribution < -0.4 is 5.56 Å². The van der Waals surface area contributed by atoms with E-state index in [1.807, 2.05) is 55.5 Å². The molecule has 3 rings (SSSR count). The van der Waals surface area contributed by atoms with E-state index in [0.717, 1.165) is 23.4 Å². The fraction of sp³-hybridized carbons (Fsp3) is 0.263. The van der Waals surface area contributed by atoms with Gasteiger partial charge in [0.25, 0.3) is 5.56 Å². The molecule has 0 aliphatic heterocycles. The minimum Gasteiger partial charge on any atom is -0.268 e. The first-order chi connectivity index (χ1) is 10.6. The van der Waals surface area contributed by atoms with Crippen LogP contribution >= 0.6 is 0 Å². The maximum absolute atomic E-state index is 12.9. The molecule has 2 aromatic carbocycles. The van der Waals surface area contributed by atoms with Gasteiger partial charge in [-0.3, -0.25) is 9.36 Å². The summed E-state index contributed by atoms with van der Waals surface area (Å²) in [5.74, 6) is 1.26. The van der Waals surface area contributed by atoms with Gasteiger partial charge < -0.3 is 0 Å². The van der Waals surface area contributed by atoms with Crippen molar-refractivity contribution in [3.8, 4) is 5.69 Å². The normalized spacial score (nSPS) is 11.3. The molecule has 3 heteroatoms. The van der Waals surface area contributed by atoms with Crippen molar-refractivity contribution < 1.29 is 0 Å². The molecule has 3 nitrogen and oxygen atoms in total. The maximum atomic E-state index is 12.9. The highest BCUT2D eigenvalue weighted by atomic mass is 16.1. The lowest BCUT2D eigenvalue weighted by atomic mass is 10.1. The third kappa shape index (κ3) is 2.67. The van der Waals surface area contributed by atoms with Gasteiger partial charge in [-0.05, 0) is 37.1 Å². The number of rotatable bonds is 3. The van der Waals surface area contributed by atoms with Crippen LogP contribution in [0, 0.1) is 12.8 Å². The number of nitrogens with zero attached hydrogens (tertiary/aromatic N) is 2. The molecular formula is C19H20N2O. The molecule has 0 unspecified atom stereocenters. The summed E-state index contributed by atoms with van der Waals surface area (Å²) in [6.07, 6.45) is 0.772. The molecule has 0 fully saturated rings. The average Bonchev–Trinajstić information content (AvgIpc) is 2.48. The molecule has 3 aromatic rings. The zero-order valence-electron chi connectivity index (χ0n) is 13.2. The van der Waals surface area contributed by atoms with Crippen LogP contribution in [0.2, 0.25) is 0 Å². The van der Waals surface area contributed by atoms with Crippen LogP contribution in [-0.4, -0.2) is 9.55 Å². The number of fused-ring (bicyclic) bond motifs is 1. The number of aryl methyl sites for hydroxylation is 1. The van der Waals surface area contributed by atoms with Crippen LogP contribution in [0.4, 0.5) is 0 Å².